The lowest BCUT2D eigenvalue weighted by atomic mass is 10.2. The smallest absolute Gasteiger partial charge is 0.238 e. The fourth-order valence-corrected chi connectivity index (χ4v) is 4.28. The molecular weight excluding hydrogens is 520 g/mol. The molecule has 0 aliphatic carbocycles. The molecule has 0 aliphatic rings. The van der Waals surface area contributed by atoms with Crippen LogP contribution in [0.15, 0.2) is 66.7 Å². The molecule has 0 saturated carbocycles. The summed E-state index contributed by atoms with van der Waals surface area (Å²) in [6, 6.07) is 18.9. The molecule has 0 spiro atoms. The van der Waals surface area contributed by atoms with Gasteiger partial charge in [-0.2, -0.15) is 0 Å². The highest BCUT2D eigenvalue weighted by atomic mass is 32.2. The number of hydrogen-bond acceptors (Lipinski definition) is 9. The lowest BCUT2D eigenvalue weighted by Crippen LogP contribution is -2.32. The van der Waals surface area contributed by atoms with Crippen LogP contribution in [0.3, 0.4) is 0 Å². The van der Waals surface area contributed by atoms with E-state index in [1.165, 1.54) is 14.2 Å². The number of para-hydroxylation sites is 2. The Kier molecular flexibility index (Phi) is 8.92. The minimum atomic E-state index is -2.79. The number of amides is 1. The number of carbonyl (C=O) groups excluding carboxylic acids is 1. The predicted molar refractivity (Wildman–Crippen MR) is 152 cm³/mol. The van der Waals surface area contributed by atoms with Crippen molar-refractivity contribution in [2.24, 2.45) is 0 Å². The van der Waals surface area contributed by atoms with Crippen molar-refractivity contribution in [3.05, 3.63) is 66.7 Å². The minimum Gasteiger partial charge on any atom is -0.755 e. The van der Waals surface area contributed by atoms with E-state index >= 15 is 0 Å². The van der Waals surface area contributed by atoms with Crippen molar-refractivity contribution in [1.82, 2.24) is 15.3 Å². The van der Waals surface area contributed by atoms with E-state index in [2.05, 4.69) is 25.9 Å². The molecule has 0 aliphatic heterocycles. The van der Waals surface area contributed by atoms with Crippen LogP contribution in [0.1, 0.15) is 13.8 Å². The third kappa shape index (κ3) is 6.99. The zero-order chi connectivity index (χ0) is 27.9. The van der Waals surface area contributed by atoms with E-state index in [-0.39, 0.29) is 35.8 Å². The minimum absolute atomic E-state index is 0.0359. The lowest BCUT2D eigenvalue weighted by molar-refractivity contribution is -0.115. The molecule has 0 radical (unpaired) electrons. The van der Waals surface area contributed by atoms with Crippen LogP contribution in [0.5, 0.6) is 11.5 Å². The predicted octanol–water partition coefficient (Wildman–Crippen LogP) is 4.26. The highest BCUT2D eigenvalue weighted by Crippen LogP contribution is 2.36. The van der Waals surface area contributed by atoms with Gasteiger partial charge in [0.2, 0.25) is 5.91 Å². The van der Waals surface area contributed by atoms with Crippen LogP contribution < -0.4 is 29.7 Å². The van der Waals surface area contributed by atoms with E-state index in [0.717, 1.165) is 4.31 Å². The van der Waals surface area contributed by atoms with Gasteiger partial charge in [0.15, 0.2) is 11.6 Å². The molecule has 1 amide bonds. The van der Waals surface area contributed by atoms with Crippen LogP contribution in [-0.2, 0) is 16.1 Å². The first-order valence-electron chi connectivity index (χ1n) is 12.1. The second-order valence-corrected chi connectivity index (χ2v) is 9.56. The standard InChI is InChI=1S/C27H30N6O5S/c1-17(2)28-16-25(34)29-18-8-7-9-20(12-18)33(39(35)36)27-26(31-23-10-5-6-11-24(23)32-27)30-19-13-21(37-3)15-22(14-19)38-4/h5-15,17,28H,16H2,1-4H3,(H,29,34)(H,30,31)(H,35,36)/p-1. The van der Waals surface area contributed by atoms with Gasteiger partial charge in [0.05, 0.1) is 48.8 Å². The summed E-state index contributed by atoms with van der Waals surface area (Å²) in [5.41, 5.74) is 2.30. The molecule has 0 fully saturated rings. The van der Waals surface area contributed by atoms with Crippen molar-refractivity contribution in [3.8, 4) is 11.5 Å². The molecule has 4 rings (SSSR count). The van der Waals surface area contributed by atoms with Gasteiger partial charge in [0, 0.05) is 35.6 Å². The quantitative estimate of drug-likeness (QED) is 0.234. The summed E-state index contributed by atoms with van der Waals surface area (Å²) in [5, 5.41) is 9.00. The molecule has 4 aromatic rings. The number of methoxy groups -OCH3 is 2. The molecule has 1 heterocycles. The van der Waals surface area contributed by atoms with Gasteiger partial charge in [0.25, 0.3) is 0 Å². The number of anilines is 5. The van der Waals surface area contributed by atoms with Crippen molar-refractivity contribution in [2.75, 3.05) is 35.7 Å². The van der Waals surface area contributed by atoms with E-state index in [1.807, 2.05) is 19.9 Å². The molecular formula is C27H29N6O5S-. The molecule has 1 atom stereocenters. The van der Waals surface area contributed by atoms with Crippen LogP contribution in [0.2, 0.25) is 0 Å². The number of nitrogens with zero attached hydrogens (tertiary/aromatic N) is 3. The number of fused-ring (bicyclic) bond motifs is 1. The Morgan fingerprint density at radius 1 is 0.949 bits per heavy atom. The largest absolute Gasteiger partial charge is 0.755 e. The van der Waals surface area contributed by atoms with Gasteiger partial charge >= 0.3 is 0 Å². The lowest BCUT2D eigenvalue weighted by Gasteiger charge is -2.27. The van der Waals surface area contributed by atoms with Gasteiger partial charge in [0.1, 0.15) is 11.5 Å². The monoisotopic (exact) mass is 549 g/mol. The first kappa shape index (κ1) is 27.8. The molecule has 1 unspecified atom stereocenters. The third-order valence-corrected chi connectivity index (χ3v) is 6.22. The van der Waals surface area contributed by atoms with Gasteiger partial charge in [-0.05, 0) is 30.3 Å². The van der Waals surface area contributed by atoms with E-state index in [1.54, 1.807) is 60.7 Å². The van der Waals surface area contributed by atoms with Gasteiger partial charge < -0.3 is 30.0 Å². The zero-order valence-electron chi connectivity index (χ0n) is 21.9. The van der Waals surface area contributed by atoms with Crippen molar-refractivity contribution in [1.29, 1.82) is 0 Å². The maximum absolute atomic E-state index is 12.6. The Morgan fingerprint density at radius 3 is 2.23 bits per heavy atom. The number of benzene rings is 3. The average molecular weight is 550 g/mol. The summed E-state index contributed by atoms with van der Waals surface area (Å²) in [7, 11) is 3.07. The summed E-state index contributed by atoms with van der Waals surface area (Å²) in [4.78, 5) is 21.7. The number of hydrogen-bond donors (Lipinski definition) is 3. The number of rotatable bonds is 11. The van der Waals surface area contributed by atoms with E-state index in [0.29, 0.717) is 33.9 Å². The van der Waals surface area contributed by atoms with E-state index in [9.17, 15) is 13.6 Å². The van der Waals surface area contributed by atoms with Crippen molar-refractivity contribution < 1.29 is 23.0 Å². The molecule has 0 saturated heterocycles. The number of nitrogens with one attached hydrogen (secondary N) is 3. The molecule has 3 N–H and O–H groups in total. The normalized spacial score (nSPS) is 11.7. The highest BCUT2D eigenvalue weighted by molar-refractivity contribution is 7.81. The van der Waals surface area contributed by atoms with Crippen LogP contribution >= 0.6 is 0 Å². The van der Waals surface area contributed by atoms with Crippen molar-refractivity contribution in [2.45, 2.75) is 19.9 Å². The summed E-state index contributed by atoms with van der Waals surface area (Å²) >= 11 is -2.79. The third-order valence-electron chi connectivity index (χ3n) is 5.54. The summed E-state index contributed by atoms with van der Waals surface area (Å²) in [5.74, 6) is 1.03. The molecule has 1 aromatic heterocycles. The Bertz CT molecular complexity index is 1480. The SMILES string of the molecule is COc1cc(Nc2nc3ccccc3nc2N(c2cccc(NC(=O)CNC(C)C)c2)S(=O)[O-])cc(OC)c1. The second-order valence-electron chi connectivity index (χ2n) is 8.76. The first-order valence-corrected chi connectivity index (χ1v) is 13.1. The summed E-state index contributed by atoms with van der Waals surface area (Å²) < 4.78 is 37.0. The topological polar surface area (TPSA) is 141 Å². The van der Waals surface area contributed by atoms with Gasteiger partial charge in [-0.3, -0.25) is 13.3 Å². The average Bonchev–Trinajstić information content (AvgIpc) is 2.92. The van der Waals surface area contributed by atoms with Crippen LogP contribution in [0.4, 0.5) is 28.7 Å². The summed E-state index contributed by atoms with van der Waals surface area (Å²) in [6.07, 6.45) is 0. The number of carbonyl (C=O) groups is 1. The Hall–Kier alpha value is -4.26. The Morgan fingerprint density at radius 2 is 1.62 bits per heavy atom. The Labute approximate surface area is 229 Å². The van der Waals surface area contributed by atoms with Crippen LogP contribution in [0.25, 0.3) is 11.0 Å². The molecule has 11 nitrogen and oxygen atoms in total. The highest BCUT2D eigenvalue weighted by Gasteiger charge is 2.20. The molecule has 12 heteroatoms. The fourth-order valence-electron chi connectivity index (χ4n) is 3.72. The van der Waals surface area contributed by atoms with Gasteiger partial charge in [-0.15, -0.1) is 0 Å². The van der Waals surface area contributed by atoms with Crippen molar-refractivity contribution >= 4 is 56.9 Å². The van der Waals surface area contributed by atoms with Gasteiger partial charge in [-0.1, -0.05) is 32.0 Å². The van der Waals surface area contributed by atoms with E-state index in [4.69, 9.17) is 9.47 Å². The number of ether oxygens (including phenoxy) is 2. The van der Waals surface area contributed by atoms with Crippen LogP contribution in [-0.4, -0.2) is 51.4 Å². The Balaban J connectivity index is 1.77. The van der Waals surface area contributed by atoms with E-state index < -0.39 is 11.3 Å². The van der Waals surface area contributed by atoms with Crippen molar-refractivity contribution in [3.63, 3.8) is 0 Å². The molecule has 39 heavy (non-hydrogen) atoms. The molecule has 204 valence electrons. The van der Waals surface area contributed by atoms with Crippen LogP contribution in [0, 0.1) is 0 Å². The molecule has 0 bridgehead atoms. The first-order chi connectivity index (χ1) is 18.8. The van der Waals surface area contributed by atoms with Gasteiger partial charge in [-0.25, -0.2) is 9.97 Å². The number of aromatic nitrogens is 2. The second kappa shape index (κ2) is 12.5. The fraction of sp³-hybridized carbons (Fsp3) is 0.222. The maximum Gasteiger partial charge on any atom is 0.238 e. The zero-order valence-corrected chi connectivity index (χ0v) is 22.7. The maximum atomic E-state index is 12.6. The summed E-state index contributed by atoms with van der Waals surface area (Å²) in [6.45, 7) is 3.99. The molecule has 3 aromatic carbocycles.